The van der Waals surface area contributed by atoms with Crippen molar-refractivity contribution in [2.45, 2.75) is 4.90 Å². The third-order valence-corrected chi connectivity index (χ3v) is 4.36. The zero-order valence-corrected chi connectivity index (χ0v) is 12.5. The minimum Gasteiger partial charge on any atom is -0.495 e. The first-order chi connectivity index (χ1) is 9.83. The fourth-order valence-corrected chi connectivity index (χ4v) is 2.94. The highest BCUT2D eigenvalue weighted by atomic mass is 35.5. The van der Waals surface area contributed by atoms with E-state index in [-0.39, 0.29) is 21.3 Å². The number of rotatable bonds is 4. The van der Waals surface area contributed by atoms with Crippen LogP contribution in [-0.4, -0.2) is 15.5 Å². The predicted molar refractivity (Wildman–Crippen MR) is 79.6 cm³/mol. The van der Waals surface area contributed by atoms with Gasteiger partial charge in [-0.3, -0.25) is 4.72 Å². The molecule has 2 aromatic carbocycles. The number of halogens is 2. The summed E-state index contributed by atoms with van der Waals surface area (Å²) in [4.78, 5) is -0.235. The van der Waals surface area contributed by atoms with Gasteiger partial charge < -0.3 is 10.5 Å². The van der Waals surface area contributed by atoms with Gasteiger partial charge in [-0.1, -0.05) is 11.6 Å². The lowest BCUT2D eigenvalue weighted by Crippen LogP contribution is -2.13. The number of benzene rings is 2. The van der Waals surface area contributed by atoms with Gasteiger partial charge in [-0.2, -0.15) is 0 Å². The Hall–Kier alpha value is -1.99. The van der Waals surface area contributed by atoms with Crippen molar-refractivity contribution in [2.24, 2.45) is 0 Å². The van der Waals surface area contributed by atoms with Crippen molar-refractivity contribution in [1.29, 1.82) is 0 Å². The van der Waals surface area contributed by atoms with Crippen molar-refractivity contribution in [3.05, 3.63) is 47.2 Å². The lowest BCUT2D eigenvalue weighted by molar-refractivity contribution is 0.415. The number of hydrogen-bond acceptors (Lipinski definition) is 4. The number of nitrogens with one attached hydrogen (secondary N) is 1. The van der Waals surface area contributed by atoms with Crippen LogP contribution in [0.4, 0.5) is 15.8 Å². The van der Waals surface area contributed by atoms with Gasteiger partial charge in [0.05, 0.1) is 28.4 Å². The Morgan fingerprint density at radius 3 is 2.52 bits per heavy atom. The highest BCUT2D eigenvalue weighted by Crippen LogP contribution is 2.28. The average Bonchev–Trinajstić information content (AvgIpc) is 2.41. The minimum atomic E-state index is -3.93. The second-order valence-electron chi connectivity index (χ2n) is 4.14. The van der Waals surface area contributed by atoms with Gasteiger partial charge in [-0.25, -0.2) is 12.8 Å². The SMILES string of the molecule is COc1ccc(NS(=O)(=O)c2ccc(N)c(F)c2)cc1Cl. The number of nitrogen functional groups attached to an aromatic ring is 1. The lowest BCUT2D eigenvalue weighted by atomic mass is 10.3. The first-order valence-corrected chi connectivity index (χ1v) is 7.61. The zero-order chi connectivity index (χ0) is 15.6. The highest BCUT2D eigenvalue weighted by Gasteiger charge is 2.16. The smallest absolute Gasteiger partial charge is 0.261 e. The summed E-state index contributed by atoms with van der Waals surface area (Å²) in [6, 6.07) is 7.64. The molecular formula is C13H12ClFN2O3S. The number of ether oxygens (including phenoxy) is 1. The molecule has 2 rings (SSSR count). The highest BCUT2D eigenvalue weighted by molar-refractivity contribution is 7.92. The first-order valence-electron chi connectivity index (χ1n) is 5.75. The molecule has 8 heteroatoms. The fraction of sp³-hybridized carbons (Fsp3) is 0.0769. The Bertz CT molecular complexity index is 781. The van der Waals surface area contributed by atoms with Gasteiger partial charge in [-0.15, -0.1) is 0 Å². The standard InChI is InChI=1S/C13H12ClFN2O3S/c1-20-13-5-2-8(6-10(13)14)17-21(18,19)9-3-4-12(16)11(15)7-9/h2-7,17H,16H2,1H3. The van der Waals surface area contributed by atoms with Crippen LogP contribution in [0.1, 0.15) is 0 Å². The quantitative estimate of drug-likeness (QED) is 0.845. The summed E-state index contributed by atoms with van der Waals surface area (Å²) in [5.41, 5.74) is 5.43. The Morgan fingerprint density at radius 1 is 1.24 bits per heavy atom. The largest absolute Gasteiger partial charge is 0.495 e. The Kier molecular flexibility index (Phi) is 4.24. The molecule has 0 saturated heterocycles. The molecule has 3 N–H and O–H groups in total. The van der Waals surface area contributed by atoms with E-state index in [4.69, 9.17) is 22.1 Å². The molecule has 0 fully saturated rings. The monoisotopic (exact) mass is 330 g/mol. The van der Waals surface area contributed by atoms with E-state index in [2.05, 4.69) is 4.72 Å². The third-order valence-electron chi connectivity index (χ3n) is 2.69. The van der Waals surface area contributed by atoms with E-state index in [1.54, 1.807) is 0 Å². The van der Waals surface area contributed by atoms with Crippen molar-refractivity contribution >= 4 is 33.0 Å². The van der Waals surface area contributed by atoms with Crippen molar-refractivity contribution < 1.29 is 17.5 Å². The van der Waals surface area contributed by atoms with Gasteiger partial charge in [0.25, 0.3) is 10.0 Å². The summed E-state index contributed by atoms with van der Waals surface area (Å²) in [6.07, 6.45) is 0. The van der Waals surface area contributed by atoms with Crippen LogP contribution in [0.25, 0.3) is 0 Å². The number of sulfonamides is 1. The summed E-state index contributed by atoms with van der Waals surface area (Å²) in [5.74, 6) is -0.385. The molecule has 0 radical (unpaired) electrons. The molecule has 0 heterocycles. The van der Waals surface area contributed by atoms with Crippen LogP contribution < -0.4 is 15.2 Å². The van der Waals surface area contributed by atoms with Gasteiger partial charge in [0.15, 0.2) is 0 Å². The van der Waals surface area contributed by atoms with Crippen LogP contribution in [0.15, 0.2) is 41.3 Å². The van der Waals surface area contributed by atoms with Crippen LogP contribution >= 0.6 is 11.6 Å². The maximum absolute atomic E-state index is 13.4. The molecule has 5 nitrogen and oxygen atoms in total. The van der Waals surface area contributed by atoms with E-state index in [0.29, 0.717) is 5.75 Å². The second-order valence-corrected chi connectivity index (χ2v) is 6.23. The zero-order valence-electron chi connectivity index (χ0n) is 10.9. The Balaban J connectivity index is 2.32. The van der Waals surface area contributed by atoms with E-state index in [9.17, 15) is 12.8 Å². The molecule has 0 spiro atoms. The molecule has 112 valence electrons. The molecule has 2 aromatic rings. The summed E-state index contributed by atoms with van der Waals surface area (Å²) in [5, 5.41) is 0.251. The molecule has 0 unspecified atom stereocenters. The summed E-state index contributed by atoms with van der Waals surface area (Å²) in [7, 11) is -2.49. The molecule has 0 aliphatic rings. The van der Waals surface area contributed by atoms with E-state index in [1.165, 1.54) is 37.4 Å². The van der Waals surface area contributed by atoms with Gasteiger partial charge in [0.2, 0.25) is 0 Å². The van der Waals surface area contributed by atoms with Gasteiger partial charge in [0, 0.05) is 0 Å². The topological polar surface area (TPSA) is 81.4 Å². The molecule has 0 amide bonds. The predicted octanol–water partition coefficient (Wildman–Crippen LogP) is 2.87. The molecule has 0 bridgehead atoms. The summed E-state index contributed by atoms with van der Waals surface area (Å²) in [6.45, 7) is 0. The summed E-state index contributed by atoms with van der Waals surface area (Å²) >= 11 is 5.91. The number of hydrogen-bond donors (Lipinski definition) is 2. The number of methoxy groups -OCH3 is 1. The lowest BCUT2D eigenvalue weighted by Gasteiger charge is -2.10. The van der Waals surface area contributed by atoms with E-state index >= 15 is 0 Å². The number of anilines is 2. The first kappa shape index (κ1) is 15.4. The van der Waals surface area contributed by atoms with Gasteiger partial charge in [-0.05, 0) is 36.4 Å². The molecule has 0 aromatic heterocycles. The van der Waals surface area contributed by atoms with Crippen LogP contribution in [0.2, 0.25) is 5.02 Å². The van der Waals surface area contributed by atoms with E-state index in [0.717, 1.165) is 6.07 Å². The fourth-order valence-electron chi connectivity index (χ4n) is 1.62. The normalized spacial score (nSPS) is 11.2. The maximum atomic E-state index is 13.4. The molecule has 0 aliphatic carbocycles. The molecule has 21 heavy (non-hydrogen) atoms. The molecule has 0 aliphatic heterocycles. The second kappa shape index (κ2) is 5.79. The molecule has 0 saturated carbocycles. The molecule has 0 atom stereocenters. The van der Waals surface area contributed by atoms with E-state index < -0.39 is 15.8 Å². The average molecular weight is 331 g/mol. The van der Waals surface area contributed by atoms with Crippen LogP contribution in [0, 0.1) is 5.82 Å². The molecular weight excluding hydrogens is 319 g/mol. The third kappa shape index (κ3) is 3.37. The maximum Gasteiger partial charge on any atom is 0.261 e. The van der Waals surface area contributed by atoms with Gasteiger partial charge >= 0.3 is 0 Å². The van der Waals surface area contributed by atoms with Gasteiger partial charge in [0.1, 0.15) is 11.6 Å². The number of nitrogens with two attached hydrogens (primary N) is 1. The van der Waals surface area contributed by atoms with Crippen molar-refractivity contribution in [1.82, 2.24) is 0 Å². The van der Waals surface area contributed by atoms with Crippen molar-refractivity contribution in [3.63, 3.8) is 0 Å². The summed E-state index contributed by atoms with van der Waals surface area (Å²) < 4.78 is 44.9. The Labute approximate surface area is 126 Å². The van der Waals surface area contributed by atoms with Crippen molar-refractivity contribution in [3.8, 4) is 5.75 Å². The van der Waals surface area contributed by atoms with Crippen LogP contribution in [0.5, 0.6) is 5.75 Å². The van der Waals surface area contributed by atoms with Crippen LogP contribution in [-0.2, 0) is 10.0 Å². The van der Waals surface area contributed by atoms with Crippen LogP contribution in [0.3, 0.4) is 0 Å². The van der Waals surface area contributed by atoms with Crippen molar-refractivity contribution in [2.75, 3.05) is 17.6 Å². The van der Waals surface area contributed by atoms with E-state index in [1.807, 2.05) is 0 Å². The Morgan fingerprint density at radius 2 is 1.95 bits per heavy atom. The minimum absolute atomic E-state index is 0.124.